The minimum absolute atomic E-state index is 0.0206. The Morgan fingerprint density at radius 2 is 2.04 bits per heavy atom. The Morgan fingerprint density at radius 1 is 1.30 bits per heavy atom. The molecule has 0 aliphatic carbocycles. The Labute approximate surface area is 164 Å². The Bertz CT molecular complexity index is 869. The third-order valence-electron chi connectivity index (χ3n) is 4.52. The van der Waals surface area contributed by atoms with Crippen molar-refractivity contribution in [3.63, 3.8) is 0 Å². The molecule has 1 atom stereocenters. The quantitative estimate of drug-likeness (QED) is 0.869. The molecule has 1 N–H and O–H groups in total. The smallest absolute Gasteiger partial charge is 0.231 e. The molecule has 1 unspecified atom stereocenters. The van der Waals surface area contributed by atoms with E-state index >= 15 is 0 Å². The van der Waals surface area contributed by atoms with Crippen molar-refractivity contribution in [1.82, 2.24) is 10.2 Å². The number of amides is 2. The molecule has 1 aliphatic rings. The summed E-state index contributed by atoms with van der Waals surface area (Å²) in [5, 5.41) is 12.5. The van der Waals surface area contributed by atoms with Gasteiger partial charge in [-0.2, -0.15) is 0 Å². The first-order chi connectivity index (χ1) is 12.6. The number of carbonyl (C=O) groups excluding carboxylic acids is 2. The lowest BCUT2D eigenvalue weighted by Gasteiger charge is -2.19. The van der Waals surface area contributed by atoms with E-state index in [1.807, 2.05) is 32.0 Å². The van der Waals surface area contributed by atoms with Gasteiger partial charge in [-0.15, -0.1) is 10.2 Å². The molecular formula is C20H26N4O2S. The average molecular weight is 387 g/mol. The number of nitrogens with zero attached hydrogens (tertiary/aromatic N) is 3. The van der Waals surface area contributed by atoms with Crippen molar-refractivity contribution < 1.29 is 9.59 Å². The van der Waals surface area contributed by atoms with Gasteiger partial charge in [0.05, 0.1) is 5.92 Å². The van der Waals surface area contributed by atoms with Gasteiger partial charge in [0.2, 0.25) is 16.9 Å². The number of hydrogen-bond acceptors (Lipinski definition) is 5. The van der Waals surface area contributed by atoms with Crippen molar-refractivity contribution in [2.24, 2.45) is 11.3 Å². The maximum absolute atomic E-state index is 12.6. The highest BCUT2D eigenvalue weighted by atomic mass is 32.1. The molecule has 0 radical (unpaired) electrons. The van der Waals surface area contributed by atoms with E-state index in [0.717, 1.165) is 28.2 Å². The zero-order valence-electron chi connectivity index (χ0n) is 16.5. The molecule has 0 bridgehead atoms. The summed E-state index contributed by atoms with van der Waals surface area (Å²) in [6.45, 7) is 10.8. The van der Waals surface area contributed by atoms with Crippen LogP contribution in [0, 0.1) is 25.2 Å². The molecule has 2 amide bonds. The first kappa shape index (κ1) is 19.5. The third-order valence-corrected chi connectivity index (χ3v) is 5.36. The molecule has 2 aromatic rings. The van der Waals surface area contributed by atoms with Crippen LogP contribution < -0.4 is 10.2 Å². The molecule has 1 aliphatic heterocycles. The van der Waals surface area contributed by atoms with Crippen LogP contribution in [-0.2, 0) is 16.0 Å². The van der Waals surface area contributed by atoms with Crippen LogP contribution in [-0.4, -0.2) is 28.6 Å². The number of benzene rings is 1. The molecule has 6 nitrogen and oxygen atoms in total. The van der Waals surface area contributed by atoms with Gasteiger partial charge in [-0.05, 0) is 30.9 Å². The number of nitrogens with one attached hydrogen (secondary N) is 1. The number of hydrogen-bond donors (Lipinski definition) is 1. The normalized spacial score (nSPS) is 17.4. The topological polar surface area (TPSA) is 75.2 Å². The van der Waals surface area contributed by atoms with E-state index in [0.29, 0.717) is 11.7 Å². The Balaban J connectivity index is 1.66. The van der Waals surface area contributed by atoms with Crippen molar-refractivity contribution in [2.75, 3.05) is 16.8 Å². The second-order valence-electron chi connectivity index (χ2n) is 8.42. The van der Waals surface area contributed by atoms with Crippen LogP contribution in [0.1, 0.15) is 43.3 Å². The fourth-order valence-electron chi connectivity index (χ4n) is 3.26. The third kappa shape index (κ3) is 4.71. The lowest BCUT2D eigenvalue weighted by molar-refractivity contribution is -0.122. The fourth-order valence-corrected chi connectivity index (χ4v) is 4.30. The first-order valence-electron chi connectivity index (χ1n) is 9.13. The molecule has 1 aromatic carbocycles. The molecule has 2 heterocycles. The molecular weight excluding hydrogens is 360 g/mol. The minimum Gasteiger partial charge on any atom is -0.311 e. The molecule has 27 heavy (non-hydrogen) atoms. The lowest BCUT2D eigenvalue weighted by Crippen LogP contribution is -2.28. The van der Waals surface area contributed by atoms with Gasteiger partial charge in [0.1, 0.15) is 5.01 Å². The van der Waals surface area contributed by atoms with E-state index < -0.39 is 0 Å². The van der Waals surface area contributed by atoms with Gasteiger partial charge in [0.25, 0.3) is 0 Å². The molecule has 3 rings (SSSR count). The second-order valence-corrected chi connectivity index (χ2v) is 9.49. The number of carbonyl (C=O) groups is 2. The van der Waals surface area contributed by atoms with Gasteiger partial charge in [-0.3, -0.25) is 9.59 Å². The summed E-state index contributed by atoms with van der Waals surface area (Å²) in [6.07, 6.45) is 1.02. The highest BCUT2D eigenvalue weighted by Gasteiger charge is 2.36. The van der Waals surface area contributed by atoms with Crippen molar-refractivity contribution >= 4 is 34.0 Å². The van der Waals surface area contributed by atoms with Crippen LogP contribution in [0.25, 0.3) is 0 Å². The monoisotopic (exact) mass is 386 g/mol. The lowest BCUT2D eigenvalue weighted by atomic mass is 9.93. The molecule has 0 saturated carbocycles. The fraction of sp³-hybridized carbons (Fsp3) is 0.500. The van der Waals surface area contributed by atoms with Crippen LogP contribution in [0.5, 0.6) is 0 Å². The predicted octanol–water partition coefficient (Wildman–Crippen LogP) is 3.74. The van der Waals surface area contributed by atoms with E-state index in [9.17, 15) is 9.59 Å². The van der Waals surface area contributed by atoms with Crippen LogP contribution in [0.2, 0.25) is 0 Å². The van der Waals surface area contributed by atoms with Crippen LogP contribution in [0.3, 0.4) is 0 Å². The van der Waals surface area contributed by atoms with Gasteiger partial charge in [0.15, 0.2) is 0 Å². The van der Waals surface area contributed by atoms with Crippen molar-refractivity contribution in [2.45, 2.75) is 47.5 Å². The SMILES string of the molecule is Cc1ccc(N2CC(C(=O)Nc3nnc(CC(C)(C)C)s3)CC2=O)c(C)c1. The number of aryl methyl sites for hydroxylation is 2. The van der Waals surface area contributed by atoms with Gasteiger partial charge >= 0.3 is 0 Å². The van der Waals surface area contributed by atoms with Crippen LogP contribution in [0.15, 0.2) is 18.2 Å². The summed E-state index contributed by atoms with van der Waals surface area (Å²) in [6, 6.07) is 5.99. The summed E-state index contributed by atoms with van der Waals surface area (Å²) in [5.74, 6) is -0.574. The molecule has 144 valence electrons. The maximum Gasteiger partial charge on any atom is 0.231 e. The van der Waals surface area contributed by atoms with E-state index in [1.165, 1.54) is 11.3 Å². The molecule has 0 spiro atoms. The molecule has 1 saturated heterocycles. The highest BCUT2D eigenvalue weighted by molar-refractivity contribution is 7.15. The Morgan fingerprint density at radius 3 is 2.70 bits per heavy atom. The van der Waals surface area contributed by atoms with Crippen LogP contribution >= 0.6 is 11.3 Å². The van der Waals surface area contributed by atoms with Gasteiger partial charge < -0.3 is 10.2 Å². The summed E-state index contributed by atoms with van der Waals surface area (Å²) in [5.41, 5.74) is 3.19. The summed E-state index contributed by atoms with van der Waals surface area (Å²) in [7, 11) is 0. The number of aromatic nitrogens is 2. The van der Waals surface area contributed by atoms with E-state index in [4.69, 9.17) is 0 Å². The van der Waals surface area contributed by atoms with Gasteiger partial charge in [-0.25, -0.2) is 0 Å². The van der Waals surface area contributed by atoms with Crippen molar-refractivity contribution in [3.05, 3.63) is 34.3 Å². The van der Waals surface area contributed by atoms with Crippen molar-refractivity contribution in [3.8, 4) is 0 Å². The Kier molecular flexibility index (Phi) is 5.33. The van der Waals surface area contributed by atoms with E-state index in [1.54, 1.807) is 4.90 Å². The van der Waals surface area contributed by atoms with E-state index in [-0.39, 0.29) is 29.6 Å². The maximum atomic E-state index is 12.6. The van der Waals surface area contributed by atoms with E-state index in [2.05, 4.69) is 36.3 Å². The second kappa shape index (κ2) is 7.38. The largest absolute Gasteiger partial charge is 0.311 e. The zero-order chi connectivity index (χ0) is 19.8. The Hall–Kier alpha value is -2.28. The summed E-state index contributed by atoms with van der Waals surface area (Å²) < 4.78 is 0. The molecule has 7 heteroatoms. The summed E-state index contributed by atoms with van der Waals surface area (Å²) in [4.78, 5) is 26.8. The van der Waals surface area contributed by atoms with Gasteiger partial charge in [-0.1, -0.05) is 49.8 Å². The standard InChI is InChI=1S/C20H26N4O2S/c1-12-6-7-15(13(2)8-12)24-11-14(9-17(24)25)18(26)21-19-23-22-16(27-19)10-20(3,4)5/h6-8,14H,9-11H2,1-5H3,(H,21,23,26). The predicted molar refractivity (Wildman–Crippen MR) is 108 cm³/mol. The van der Waals surface area contributed by atoms with Crippen LogP contribution in [0.4, 0.5) is 10.8 Å². The summed E-state index contributed by atoms with van der Waals surface area (Å²) >= 11 is 1.40. The van der Waals surface area contributed by atoms with Crippen molar-refractivity contribution in [1.29, 1.82) is 0 Å². The number of anilines is 2. The average Bonchev–Trinajstić information content (AvgIpc) is 3.12. The zero-order valence-corrected chi connectivity index (χ0v) is 17.3. The first-order valence-corrected chi connectivity index (χ1v) is 9.95. The number of rotatable bonds is 4. The van der Waals surface area contributed by atoms with Gasteiger partial charge in [0, 0.05) is 25.1 Å². The molecule has 1 aromatic heterocycles. The minimum atomic E-state index is -0.381. The highest BCUT2D eigenvalue weighted by Crippen LogP contribution is 2.30. The molecule has 1 fully saturated rings.